The van der Waals surface area contributed by atoms with E-state index in [2.05, 4.69) is 16.2 Å². The molecular weight excluding hydrogens is 370 g/mol. The van der Waals surface area contributed by atoms with Gasteiger partial charge in [0, 0.05) is 23.1 Å². The summed E-state index contributed by atoms with van der Waals surface area (Å²) in [6.45, 7) is 1.93. The smallest absolute Gasteiger partial charge is 0.141 e. The van der Waals surface area contributed by atoms with Gasteiger partial charge in [-0.25, -0.2) is 4.68 Å². The number of aryl methyl sites for hydroxylation is 1. The molecule has 0 fully saturated rings. The number of halogens is 1. The normalized spacial score (nSPS) is 11.8. The van der Waals surface area contributed by atoms with E-state index in [0.29, 0.717) is 5.15 Å². The Kier molecular flexibility index (Phi) is 3.99. The highest BCUT2D eigenvalue weighted by molar-refractivity contribution is 6.32. The van der Waals surface area contributed by atoms with E-state index in [1.165, 1.54) is 0 Å². The van der Waals surface area contributed by atoms with Crippen molar-refractivity contribution in [3.8, 4) is 5.69 Å². The number of rotatable bonds is 3. The molecule has 2 aromatic heterocycles. The first kappa shape index (κ1) is 16.8. The summed E-state index contributed by atoms with van der Waals surface area (Å²) < 4.78 is 7.66. The van der Waals surface area contributed by atoms with Crippen LogP contribution >= 0.6 is 11.6 Å². The van der Waals surface area contributed by atoms with Crippen molar-refractivity contribution in [1.82, 2.24) is 9.78 Å². The maximum Gasteiger partial charge on any atom is 0.141 e. The number of hydrogen-bond donors (Lipinski definition) is 0. The third-order valence-electron chi connectivity index (χ3n) is 4.75. The van der Waals surface area contributed by atoms with Crippen LogP contribution < -0.4 is 0 Å². The second-order valence-corrected chi connectivity index (χ2v) is 6.93. The van der Waals surface area contributed by atoms with E-state index in [9.17, 15) is 0 Å². The minimum Gasteiger partial charge on any atom is -0.456 e. The van der Waals surface area contributed by atoms with Gasteiger partial charge >= 0.3 is 0 Å². The van der Waals surface area contributed by atoms with Gasteiger partial charge in [-0.05, 0) is 37.3 Å². The second-order valence-electron chi connectivity index (χ2n) is 6.57. The number of aliphatic imine (C=N–C) groups is 1. The lowest BCUT2D eigenvalue weighted by Crippen LogP contribution is -1.95. The molecule has 0 radical (unpaired) electrons. The minimum absolute atomic E-state index is 0.539. The number of para-hydroxylation sites is 2. The first-order valence-electron chi connectivity index (χ1n) is 8.96. The van der Waals surface area contributed by atoms with Crippen LogP contribution in [0.4, 0.5) is 5.69 Å². The molecule has 0 aliphatic carbocycles. The van der Waals surface area contributed by atoms with Gasteiger partial charge < -0.3 is 4.42 Å². The van der Waals surface area contributed by atoms with Crippen LogP contribution in [0.1, 0.15) is 11.3 Å². The summed E-state index contributed by atoms with van der Waals surface area (Å²) in [5, 5.41) is 7.28. The third-order valence-corrected chi connectivity index (χ3v) is 5.12. The molecule has 0 aliphatic heterocycles. The van der Waals surface area contributed by atoms with Crippen LogP contribution in [0.25, 0.3) is 27.6 Å². The summed E-state index contributed by atoms with van der Waals surface area (Å²) in [6, 6.07) is 23.8. The van der Waals surface area contributed by atoms with Gasteiger partial charge in [-0.1, -0.05) is 48.0 Å². The molecule has 0 aliphatic rings. The van der Waals surface area contributed by atoms with Gasteiger partial charge in [0.2, 0.25) is 0 Å². The molecule has 3 aromatic carbocycles. The minimum atomic E-state index is 0.539. The lowest BCUT2D eigenvalue weighted by atomic mass is 10.1. The number of hydrogen-bond acceptors (Lipinski definition) is 3. The highest BCUT2D eigenvalue weighted by Gasteiger charge is 2.13. The predicted octanol–water partition coefficient (Wildman–Crippen LogP) is 6.48. The number of fused-ring (bicyclic) bond motifs is 3. The fourth-order valence-electron chi connectivity index (χ4n) is 3.33. The van der Waals surface area contributed by atoms with E-state index >= 15 is 0 Å². The summed E-state index contributed by atoms with van der Waals surface area (Å²) in [6.07, 6.45) is 1.76. The Balaban J connectivity index is 1.52. The Hall–Kier alpha value is -3.37. The lowest BCUT2D eigenvalue weighted by Gasteiger charge is -2.01. The molecule has 5 heteroatoms. The van der Waals surface area contributed by atoms with Gasteiger partial charge in [0.25, 0.3) is 0 Å². The number of benzene rings is 3. The molecule has 0 saturated heterocycles. The van der Waals surface area contributed by atoms with E-state index in [1.807, 2.05) is 73.7 Å². The van der Waals surface area contributed by atoms with Crippen LogP contribution in [-0.2, 0) is 0 Å². The van der Waals surface area contributed by atoms with E-state index < -0.39 is 0 Å². The van der Waals surface area contributed by atoms with Crippen LogP contribution in [0.2, 0.25) is 5.15 Å². The predicted molar refractivity (Wildman–Crippen MR) is 114 cm³/mol. The summed E-state index contributed by atoms with van der Waals surface area (Å²) >= 11 is 6.57. The average molecular weight is 386 g/mol. The average Bonchev–Trinajstić information content (AvgIpc) is 3.23. The molecule has 0 N–H and O–H groups in total. The van der Waals surface area contributed by atoms with Crippen LogP contribution in [0.15, 0.2) is 82.2 Å². The second kappa shape index (κ2) is 6.66. The first-order chi connectivity index (χ1) is 13.7. The summed E-state index contributed by atoms with van der Waals surface area (Å²) in [7, 11) is 0. The molecular formula is C23H16ClN3O. The number of nitrogens with zero attached hydrogens (tertiary/aromatic N) is 3. The van der Waals surface area contributed by atoms with Gasteiger partial charge in [-0.2, -0.15) is 5.10 Å². The highest BCUT2D eigenvalue weighted by atomic mass is 35.5. The van der Waals surface area contributed by atoms with Gasteiger partial charge in [0.1, 0.15) is 16.3 Å². The Morgan fingerprint density at radius 3 is 2.54 bits per heavy atom. The van der Waals surface area contributed by atoms with Crippen molar-refractivity contribution in [3.63, 3.8) is 0 Å². The zero-order valence-corrected chi connectivity index (χ0v) is 15.9. The van der Waals surface area contributed by atoms with Crippen molar-refractivity contribution in [3.05, 3.63) is 89.2 Å². The Morgan fingerprint density at radius 2 is 1.68 bits per heavy atom. The van der Waals surface area contributed by atoms with Gasteiger partial charge in [0.15, 0.2) is 0 Å². The van der Waals surface area contributed by atoms with Crippen LogP contribution in [0.5, 0.6) is 0 Å². The van der Waals surface area contributed by atoms with E-state index in [-0.39, 0.29) is 0 Å². The quantitative estimate of drug-likeness (QED) is 0.333. The first-order valence-corrected chi connectivity index (χ1v) is 9.34. The third kappa shape index (κ3) is 2.79. The number of aromatic nitrogens is 2. The largest absolute Gasteiger partial charge is 0.456 e. The fourth-order valence-corrected chi connectivity index (χ4v) is 3.65. The molecule has 5 rings (SSSR count). The van der Waals surface area contributed by atoms with Crippen molar-refractivity contribution in [1.29, 1.82) is 0 Å². The molecule has 0 unspecified atom stereocenters. The summed E-state index contributed by atoms with van der Waals surface area (Å²) in [5.74, 6) is 0. The van der Waals surface area contributed by atoms with Crippen LogP contribution in [0, 0.1) is 6.92 Å². The Morgan fingerprint density at radius 1 is 0.929 bits per heavy atom. The van der Waals surface area contributed by atoms with Crippen LogP contribution in [-0.4, -0.2) is 16.0 Å². The van der Waals surface area contributed by atoms with Gasteiger partial charge in [0.05, 0.1) is 22.6 Å². The maximum absolute atomic E-state index is 6.57. The zero-order valence-electron chi connectivity index (χ0n) is 15.1. The standard InChI is InChI=1S/C23H16ClN3O/c1-15-20(23(24)27(26-15)17-7-3-2-4-8-17)14-25-16-11-12-19-18-9-5-6-10-21(18)28-22(19)13-16/h2-14H,1H3. The molecule has 28 heavy (non-hydrogen) atoms. The van der Waals surface area contributed by atoms with E-state index in [1.54, 1.807) is 10.9 Å². The van der Waals surface area contributed by atoms with Crippen molar-refractivity contribution in [2.24, 2.45) is 4.99 Å². The maximum atomic E-state index is 6.57. The van der Waals surface area contributed by atoms with Crippen molar-refractivity contribution in [2.45, 2.75) is 6.92 Å². The monoisotopic (exact) mass is 385 g/mol. The van der Waals surface area contributed by atoms with Crippen molar-refractivity contribution < 1.29 is 4.42 Å². The topological polar surface area (TPSA) is 43.3 Å². The zero-order chi connectivity index (χ0) is 19.1. The highest BCUT2D eigenvalue weighted by Crippen LogP contribution is 2.31. The fraction of sp³-hybridized carbons (Fsp3) is 0.0435. The van der Waals surface area contributed by atoms with Crippen molar-refractivity contribution >= 4 is 45.4 Å². The van der Waals surface area contributed by atoms with E-state index in [4.69, 9.17) is 16.0 Å². The molecule has 4 nitrogen and oxygen atoms in total. The Bertz CT molecular complexity index is 1330. The summed E-state index contributed by atoms with van der Waals surface area (Å²) in [5.41, 5.74) is 5.03. The Labute approximate surface area is 166 Å². The molecule has 0 atom stereocenters. The molecule has 0 saturated carbocycles. The summed E-state index contributed by atoms with van der Waals surface area (Å²) in [4.78, 5) is 4.60. The number of furan rings is 1. The molecule has 5 aromatic rings. The molecule has 0 bridgehead atoms. The van der Waals surface area contributed by atoms with E-state index in [0.717, 1.165) is 44.6 Å². The molecule has 2 heterocycles. The van der Waals surface area contributed by atoms with Crippen LogP contribution in [0.3, 0.4) is 0 Å². The molecule has 0 amide bonds. The molecule has 136 valence electrons. The van der Waals surface area contributed by atoms with Gasteiger partial charge in [-0.15, -0.1) is 0 Å². The molecule has 0 spiro atoms. The lowest BCUT2D eigenvalue weighted by molar-refractivity contribution is 0.669. The SMILES string of the molecule is Cc1nn(-c2ccccc2)c(Cl)c1C=Nc1ccc2c(c1)oc1ccccc12. The van der Waals surface area contributed by atoms with Crippen molar-refractivity contribution in [2.75, 3.05) is 0 Å². The van der Waals surface area contributed by atoms with Gasteiger partial charge in [-0.3, -0.25) is 4.99 Å².